The van der Waals surface area contributed by atoms with Crippen LogP contribution in [0.25, 0.3) is 11.1 Å². The molecule has 1 aliphatic heterocycles. The van der Waals surface area contributed by atoms with Crippen LogP contribution in [0, 0.1) is 6.92 Å². The minimum atomic E-state index is 0. The Kier molecular flexibility index (Phi) is 3.93. The summed E-state index contributed by atoms with van der Waals surface area (Å²) in [5.41, 5.74) is 6.73. The van der Waals surface area contributed by atoms with E-state index in [-0.39, 0.29) is 12.4 Å². The summed E-state index contributed by atoms with van der Waals surface area (Å²) in [6.07, 6.45) is 2.44. The van der Waals surface area contributed by atoms with Crippen LogP contribution in [0.4, 0.5) is 5.69 Å². The Morgan fingerprint density at radius 2 is 1.83 bits per heavy atom. The van der Waals surface area contributed by atoms with Crippen LogP contribution < -0.4 is 5.32 Å². The number of nitrogens with one attached hydrogen (secondary N) is 1. The molecule has 2 aromatic carbocycles. The van der Waals surface area contributed by atoms with E-state index >= 15 is 0 Å². The normalized spacial score (nSPS) is 13.2. The van der Waals surface area contributed by atoms with Gasteiger partial charge in [0.2, 0.25) is 0 Å². The summed E-state index contributed by atoms with van der Waals surface area (Å²) in [6, 6.07) is 15.5. The average molecular weight is 260 g/mol. The van der Waals surface area contributed by atoms with Gasteiger partial charge in [0.15, 0.2) is 0 Å². The molecular formula is C16H18ClN. The Labute approximate surface area is 115 Å². The first-order valence-electron chi connectivity index (χ1n) is 6.27. The Morgan fingerprint density at radius 3 is 2.67 bits per heavy atom. The third-order valence-corrected chi connectivity index (χ3v) is 3.39. The molecule has 0 saturated carbocycles. The molecule has 0 radical (unpaired) electrons. The van der Waals surface area contributed by atoms with Gasteiger partial charge in [-0.1, -0.05) is 35.9 Å². The maximum atomic E-state index is 3.45. The fourth-order valence-corrected chi connectivity index (χ4v) is 2.48. The summed E-state index contributed by atoms with van der Waals surface area (Å²) in [7, 11) is 0. The predicted octanol–water partition coefficient (Wildman–Crippen LogP) is 4.44. The summed E-state index contributed by atoms with van der Waals surface area (Å²) < 4.78 is 0. The molecule has 0 fully saturated rings. The molecule has 1 N–H and O–H groups in total. The SMILES string of the molecule is Cc1cccc(-c2ccc3c(c2)CCCN3)c1.Cl. The second-order valence-corrected chi connectivity index (χ2v) is 4.77. The highest BCUT2D eigenvalue weighted by Gasteiger charge is 2.09. The number of hydrogen-bond donors (Lipinski definition) is 1. The molecule has 0 spiro atoms. The number of anilines is 1. The summed E-state index contributed by atoms with van der Waals surface area (Å²) >= 11 is 0. The van der Waals surface area contributed by atoms with Crippen LogP contribution in [-0.4, -0.2) is 6.54 Å². The molecule has 2 heteroatoms. The van der Waals surface area contributed by atoms with Crippen LogP contribution in [0.2, 0.25) is 0 Å². The largest absolute Gasteiger partial charge is 0.385 e. The Bertz CT molecular complexity index is 549. The van der Waals surface area contributed by atoms with E-state index in [1.54, 1.807) is 0 Å². The molecule has 0 atom stereocenters. The van der Waals surface area contributed by atoms with Crippen LogP contribution in [0.5, 0.6) is 0 Å². The molecule has 0 saturated heterocycles. The van der Waals surface area contributed by atoms with E-state index < -0.39 is 0 Å². The van der Waals surface area contributed by atoms with Crippen LogP contribution >= 0.6 is 12.4 Å². The predicted molar refractivity (Wildman–Crippen MR) is 80.7 cm³/mol. The number of fused-ring (bicyclic) bond motifs is 1. The van der Waals surface area contributed by atoms with Gasteiger partial charge in [0, 0.05) is 12.2 Å². The smallest absolute Gasteiger partial charge is 0.0373 e. The molecular weight excluding hydrogens is 242 g/mol. The Balaban J connectivity index is 0.00000120. The highest BCUT2D eigenvalue weighted by atomic mass is 35.5. The summed E-state index contributed by atoms with van der Waals surface area (Å²) in [4.78, 5) is 0. The summed E-state index contributed by atoms with van der Waals surface area (Å²) in [5.74, 6) is 0. The van der Waals surface area contributed by atoms with E-state index in [4.69, 9.17) is 0 Å². The van der Waals surface area contributed by atoms with Gasteiger partial charge in [0.1, 0.15) is 0 Å². The molecule has 0 amide bonds. The van der Waals surface area contributed by atoms with E-state index in [1.165, 1.54) is 40.8 Å². The average Bonchev–Trinajstić information content (AvgIpc) is 2.38. The minimum Gasteiger partial charge on any atom is -0.385 e. The van der Waals surface area contributed by atoms with Gasteiger partial charge < -0.3 is 5.32 Å². The van der Waals surface area contributed by atoms with Gasteiger partial charge >= 0.3 is 0 Å². The van der Waals surface area contributed by atoms with Crippen LogP contribution in [0.15, 0.2) is 42.5 Å². The van der Waals surface area contributed by atoms with E-state index in [1.807, 2.05) is 0 Å². The topological polar surface area (TPSA) is 12.0 Å². The molecule has 18 heavy (non-hydrogen) atoms. The highest BCUT2D eigenvalue weighted by molar-refractivity contribution is 5.85. The third kappa shape index (κ3) is 2.51. The van der Waals surface area contributed by atoms with Crippen LogP contribution in [0.3, 0.4) is 0 Å². The second-order valence-electron chi connectivity index (χ2n) is 4.77. The van der Waals surface area contributed by atoms with E-state index in [0.29, 0.717) is 0 Å². The van der Waals surface area contributed by atoms with Crippen molar-refractivity contribution in [2.75, 3.05) is 11.9 Å². The zero-order chi connectivity index (χ0) is 11.7. The highest BCUT2D eigenvalue weighted by Crippen LogP contribution is 2.28. The van der Waals surface area contributed by atoms with Gasteiger partial charge in [-0.05, 0) is 48.6 Å². The first-order valence-corrected chi connectivity index (χ1v) is 6.27. The number of aryl methyl sites for hydroxylation is 2. The molecule has 1 aliphatic rings. The molecule has 0 aliphatic carbocycles. The molecule has 1 nitrogen and oxygen atoms in total. The summed E-state index contributed by atoms with van der Waals surface area (Å²) in [6.45, 7) is 3.25. The lowest BCUT2D eigenvalue weighted by molar-refractivity contribution is 0.830. The zero-order valence-corrected chi connectivity index (χ0v) is 11.4. The fourth-order valence-electron chi connectivity index (χ4n) is 2.48. The first kappa shape index (κ1) is 13.0. The fraction of sp³-hybridized carbons (Fsp3) is 0.250. The van der Waals surface area contributed by atoms with Crippen LogP contribution in [0.1, 0.15) is 17.5 Å². The first-order chi connectivity index (χ1) is 8.33. The van der Waals surface area contributed by atoms with Crippen molar-refractivity contribution in [3.05, 3.63) is 53.6 Å². The van der Waals surface area contributed by atoms with Crippen LogP contribution in [-0.2, 0) is 6.42 Å². The molecule has 3 rings (SSSR count). The van der Waals surface area contributed by atoms with Gasteiger partial charge in [-0.3, -0.25) is 0 Å². The van der Waals surface area contributed by atoms with E-state index in [2.05, 4.69) is 54.7 Å². The van der Waals surface area contributed by atoms with Gasteiger partial charge in [-0.15, -0.1) is 12.4 Å². The standard InChI is InChI=1S/C16H17N.ClH/c1-12-4-2-5-13(10-12)14-7-8-16-15(11-14)6-3-9-17-16;/h2,4-5,7-8,10-11,17H,3,6,9H2,1H3;1H. The quantitative estimate of drug-likeness (QED) is 0.798. The summed E-state index contributed by atoms with van der Waals surface area (Å²) in [5, 5.41) is 3.45. The monoisotopic (exact) mass is 259 g/mol. The maximum absolute atomic E-state index is 3.45. The number of halogens is 1. The lowest BCUT2D eigenvalue weighted by Gasteiger charge is -2.18. The maximum Gasteiger partial charge on any atom is 0.0373 e. The number of hydrogen-bond acceptors (Lipinski definition) is 1. The van der Waals surface area contributed by atoms with Crippen molar-refractivity contribution in [2.45, 2.75) is 19.8 Å². The molecule has 94 valence electrons. The van der Waals surface area contributed by atoms with Crippen molar-refractivity contribution in [1.29, 1.82) is 0 Å². The lowest BCUT2D eigenvalue weighted by Crippen LogP contribution is -2.11. The number of rotatable bonds is 1. The molecule has 2 aromatic rings. The van der Waals surface area contributed by atoms with Gasteiger partial charge in [-0.25, -0.2) is 0 Å². The van der Waals surface area contributed by atoms with Crippen molar-refractivity contribution < 1.29 is 0 Å². The van der Waals surface area contributed by atoms with Crippen molar-refractivity contribution in [1.82, 2.24) is 0 Å². The van der Waals surface area contributed by atoms with Crippen molar-refractivity contribution in [2.24, 2.45) is 0 Å². The number of benzene rings is 2. The molecule has 1 heterocycles. The zero-order valence-electron chi connectivity index (χ0n) is 10.6. The lowest BCUT2D eigenvalue weighted by atomic mass is 9.96. The minimum absolute atomic E-state index is 0. The Morgan fingerprint density at radius 1 is 1.00 bits per heavy atom. The van der Waals surface area contributed by atoms with Crippen molar-refractivity contribution >= 4 is 18.1 Å². The molecule has 0 aromatic heterocycles. The van der Waals surface area contributed by atoms with Gasteiger partial charge in [-0.2, -0.15) is 0 Å². The van der Waals surface area contributed by atoms with Gasteiger partial charge in [0.05, 0.1) is 0 Å². The second kappa shape index (κ2) is 5.45. The molecule has 0 bridgehead atoms. The Hall–Kier alpha value is -1.47. The van der Waals surface area contributed by atoms with Crippen molar-refractivity contribution in [3.63, 3.8) is 0 Å². The van der Waals surface area contributed by atoms with Gasteiger partial charge in [0.25, 0.3) is 0 Å². The van der Waals surface area contributed by atoms with E-state index in [9.17, 15) is 0 Å². The third-order valence-electron chi connectivity index (χ3n) is 3.39. The van der Waals surface area contributed by atoms with E-state index in [0.717, 1.165) is 6.54 Å². The van der Waals surface area contributed by atoms with Crippen molar-refractivity contribution in [3.8, 4) is 11.1 Å². The molecule has 0 unspecified atom stereocenters.